The summed E-state index contributed by atoms with van der Waals surface area (Å²) in [5.74, 6) is -2.47. The number of aliphatic carboxylic acids is 1. The van der Waals surface area contributed by atoms with Crippen LogP contribution in [-0.2, 0) is 9.59 Å². The van der Waals surface area contributed by atoms with Gasteiger partial charge in [-0.15, -0.1) is 0 Å². The third kappa shape index (κ3) is 3.59. The monoisotopic (exact) mass is 352 g/mol. The molecule has 0 saturated carbocycles. The van der Waals surface area contributed by atoms with Crippen LogP contribution in [0, 0.1) is 0 Å². The molecule has 26 heavy (non-hydrogen) atoms. The van der Waals surface area contributed by atoms with Gasteiger partial charge in [-0.2, -0.15) is 0 Å². The van der Waals surface area contributed by atoms with Gasteiger partial charge in [-0.3, -0.25) is 9.59 Å². The zero-order valence-electron chi connectivity index (χ0n) is 13.7. The van der Waals surface area contributed by atoms with Crippen LogP contribution in [-0.4, -0.2) is 38.9 Å². The van der Waals surface area contributed by atoms with E-state index < -0.39 is 23.8 Å². The molecule has 8 nitrogen and oxygen atoms in total. The molecular formula is C18H16N4O4. The predicted molar refractivity (Wildman–Crippen MR) is 94.4 cm³/mol. The average molecular weight is 352 g/mol. The molecule has 0 radical (unpaired) electrons. The molecule has 2 amide bonds. The Morgan fingerprint density at radius 3 is 2.31 bits per heavy atom. The highest BCUT2D eigenvalue weighted by atomic mass is 16.4. The van der Waals surface area contributed by atoms with Crippen molar-refractivity contribution < 1.29 is 19.5 Å². The summed E-state index contributed by atoms with van der Waals surface area (Å²) in [4.78, 5) is 43.8. The fourth-order valence-corrected chi connectivity index (χ4v) is 2.61. The Labute approximate surface area is 148 Å². The summed E-state index contributed by atoms with van der Waals surface area (Å²) in [5, 5.41) is 11.7. The fraction of sp³-hybridized carbons (Fsp3) is 0.167. The fourth-order valence-electron chi connectivity index (χ4n) is 2.61. The lowest BCUT2D eigenvalue weighted by molar-refractivity contribution is -0.139. The number of carboxylic acids is 1. The highest BCUT2D eigenvalue weighted by molar-refractivity contribution is 6.07. The van der Waals surface area contributed by atoms with Crippen molar-refractivity contribution in [2.24, 2.45) is 5.73 Å². The number of benzene rings is 2. The molecule has 4 N–H and O–H groups in total. The van der Waals surface area contributed by atoms with E-state index in [-0.39, 0.29) is 18.4 Å². The minimum Gasteiger partial charge on any atom is -0.480 e. The van der Waals surface area contributed by atoms with Gasteiger partial charge in [0.15, 0.2) is 0 Å². The smallest absolute Gasteiger partial charge is 0.326 e. The predicted octanol–water partition coefficient (Wildman–Crippen LogP) is 1.23. The van der Waals surface area contributed by atoms with Gasteiger partial charge in [-0.05, 0) is 30.7 Å². The number of hydrogen-bond donors (Lipinski definition) is 3. The van der Waals surface area contributed by atoms with E-state index in [9.17, 15) is 19.5 Å². The van der Waals surface area contributed by atoms with Crippen molar-refractivity contribution in [1.82, 2.24) is 15.3 Å². The standard InChI is InChI=1S/C18H16N4O4/c19-15(23)9-8-14(18(25)26)22-17(24)10-4-3-7-13-16(10)21-12-6-2-1-5-11(12)20-13/h1-7,14H,8-9H2,(H2,19,23)(H,22,24)(H,25,26)/t14-/m0/s1. The van der Waals surface area contributed by atoms with E-state index >= 15 is 0 Å². The third-order valence-electron chi connectivity index (χ3n) is 3.90. The Bertz CT molecular complexity index is 1020. The Morgan fingerprint density at radius 1 is 1.00 bits per heavy atom. The molecule has 3 aromatic rings. The Morgan fingerprint density at radius 2 is 1.65 bits per heavy atom. The highest BCUT2D eigenvalue weighted by Gasteiger charge is 2.22. The summed E-state index contributed by atoms with van der Waals surface area (Å²) >= 11 is 0. The van der Waals surface area contributed by atoms with Gasteiger partial charge in [0.2, 0.25) is 5.91 Å². The Balaban J connectivity index is 1.95. The molecule has 1 atom stereocenters. The van der Waals surface area contributed by atoms with Crippen molar-refractivity contribution in [3.63, 3.8) is 0 Å². The minimum atomic E-state index is -1.24. The number of carbonyl (C=O) groups excluding carboxylic acids is 2. The zero-order valence-corrected chi connectivity index (χ0v) is 13.7. The van der Waals surface area contributed by atoms with Crippen LogP contribution in [0.5, 0.6) is 0 Å². The van der Waals surface area contributed by atoms with Crippen molar-refractivity contribution in [2.75, 3.05) is 0 Å². The quantitative estimate of drug-likeness (QED) is 0.571. The second-order valence-corrected chi connectivity index (χ2v) is 5.75. The molecule has 0 aliphatic rings. The maximum Gasteiger partial charge on any atom is 0.326 e. The van der Waals surface area contributed by atoms with E-state index in [1.165, 1.54) is 0 Å². The average Bonchev–Trinajstić information content (AvgIpc) is 2.62. The molecule has 0 fully saturated rings. The molecule has 0 aliphatic carbocycles. The summed E-state index contributed by atoms with van der Waals surface area (Å²) in [6.07, 6.45) is -0.229. The number of fused-ring (bicyclic) bond motifs is 2. The molecule has 8 heteroatoms. The number of primary amides is 1. The van der Waals surface area contributed by atoms with Crippen molar-refractivity contribution in [3.05, 3.63) is 48.0 Å². The van der Waals surface area contributed by atoms with Gasteiger partial charge in [-0.1, -0.05) is 18.2 Å². The minimum absolute atomic E-state index is 0.0875. The van der Waals surface area contributed by atoms with Gasteiger partial charge in [0.05, 0.1) is 22.1 Å². The first-order valence-corrected chi connectivity index (χ1v) is 7.93. The van der Waals surface area contributed by atoms with Gasteiger partial charge < -0.3 is 16.2 Å². The number of carboxylic acid groups (broad SMARTS) is 1. The van der Waals surface area contributed by atoms with Crippen LogP contribution in [0.25, 0.3) is 22.1 Å². The maximum atomic E-state index is 12.6. The van der Waals surface area contributed by atoms with E-state index in [1.54, 1.807) is 24.3 Å². The zero-order chi connectivity index (χ0) is 18.7. The second-order valence-electron chi connectivity index (χ2n) is 5.75. The van der Waals surface area contributed by atoms with Gasteiger partial charge in [0, 0.05) is 6.42 Å². The lowest BCUT2D eigenvalue weighted by Crippen LogP contribution is -2.41. The molecule has 0 saturated heterocycles. The van der Waals surface area contributed by atoms with Gasteiger partial charge in [0.25, 0.3) is 5.91 Å². The second kappa shape index (κ2) is 7.14. The molecule has 0 spiro atoms. The number of amides is 2. The first-order chi connectivity index (χ1) is 12.5. The van der Waals surface area contributed by atoms with Crippen molar-refractivity contribution >= 4 is 39.9 Å². The van der Waals surface area contributed by atoms with Crippen LogP contribution < -0.4 is 11.1 Å². The summed E-state index contributed by atoms with van der Waals surface area (Å²) in [6, 6.07) is 11.0. The van der Waals surface area contributed by atoms with Gasteiger partial charge in [-0.25, -0.2) is 14.8 Å². The first kappa shape index (κ1) is 17.3. The number of rotatable bonds is 6. The SMILES string of the molecule is NC(=O)CC[C@H](NC(=O)c1cccc2nc3ccccc3nc12)C(=O)O. The molecule has 3 rings (SSSR count). The van der Waals surface area contributed by atoms with E-state index in [1.807, 2.05) is 18.2 Å². The molecular weight excluding hydrogens is 336 g/mol. The van der Waals surface area contributed by atoms with Crippen molar-refractivity contribution in [3.8, 4) is 0 Å². The topological polar surface area (TPSA) is 135 Å². The highest BCUT2D eigenvalue weighted by Crippen LogP contribution is 2.19. The van der Waals surface area contributed by atoms with Crippen LogP contribution in [0.4, 0.5) is 0 Å². The number of hydrogen-bond acceptors (Lipinski definition) is 5. The molecule has 0 aliphatic heterocycles. The van der Waals surface area contributed by atoms with Gasteiger partial charge in [0.1, 0.15) is 11.6 Å². The van der Waals surface area contributed by atoms with E-state index in [0.717, 1.165) is 0 Å². The molecule has 1 aromatic heterocycles. The number of nitrogens with two attached hydrogens (primary N) is 1. The van der Waals surface area contributed by atoms with Crippen LogP contribution in [0.3, 0.4) is 0 Å². The number of aromatic nitrogens is 2. The summed E-state index contributed by atoms with van der Waals surface area (Å²) < 4.78 is 0. The Hall–Kier alpha value is -3.55. The van der Waals surface area contributed by atoms with Gasteiger partial charge >= 0.3 is 5.97 Å². The van der Waals surface area contributed by atoms with E-state index in [4.69, 9.17) is 5.73 Å². The van der Waals surface area contributed by atoms with Crippen molar-refractivity contribution in [1.29, 1.82) is 0 Å². The van der Waals surface area contributed by atoms with Crippen LogP contribution in [0.2, 0.25) is 0 Å². The summed E-state index contributed by atoms with van der Waals surface area (Å²) in [7, 11) is 0. The normalized spacial score (nSPS) is 12.0. The number of nitrogens with one attached hydrogen (secondary N) is 1. The van der Waals surface area contributed by atoms with E-state index in [2.05, 4.69) is 15.3 Å². The molecule has 2 aromatic carbocycles. The van der Waals surface area contributed by atoms with Crippen LogP contribution in [0.1, 0.15) is 23.2 Å². The molecule has 1 heterocycles. The third-order valence-corrected chi connectivity index (χ3v) is 3.90. The maximum absolute atomic E-state index is 12.6. The van der Waals surface area contributed by atoms with Crippen molar-refractivity contribution in [2.45, 2.75) is 18.9 Å². The van der Waals surface area contributed by atoms with Crippen LogP contribution >= 0.6 is 0 Å². The molecule has 0 bridgehead atoms. The lowest BCUT2D eigenvalue weighted by atomic mass is 10.1. The summed E-state index contributed by atoms with van der Waals surface area (Å²) in [6.45, 7) is 0. The lowest BCUT2D eigenvalue weighted by Gasteiger charge is -2.14. The molecule has 0 unspecified atom stereocenters. The number of nitrogens with zero attached hydrogens (tertiary/aromatic N) is 2. The number of para-hydroxylation sites is 3. The number of carbonyl (C=O) groups is 3. The van der Waals surface area contributed by atoms with E-state index in [0.29, 0.717) is 22.1 Å². The molecule has 132 valence electrons. The Kier molecular flexibility index (Phi) is 4.74. The summed E-state index contributed by atoms with van der Waals surface area (Å²) in [5.41, 5.74) is 7.49. The van der Waals surface area contributed by atoms with Crippen LogP contribution in [0.15, 0.2) is 42.5 Å². The largest absolute Gasteiger partial charge is 0.480 e. The first-order valence-electron chi connectivity index (χ1n) is 7.93.